The topological polar surface area (TPSA) is 43.6 Å². The lowest BCUT2D eigenvalue weighted by Gasteiger charge is -2.01. The number of ether oxygens (including phenoxy) is 1. The van der Waals surface area contributed by atoms with Gasteiger partial charge in [0, 0.05) is 10.7 Å². The summed E-state index contributed by atoms with van der Waals surface area (Å²) >= 11 is 3.35. The number of carbonyl (C=O) groups excluding carboxylic acids is 1. The Labute approximate surface area is 95.0 Å². The predicted octanol–water partition coefficient (Wildman–Crippen LogP) is 2.27. The summed E-state index contributed by atoms with van der Waals surface area (Å²) in [6, 6.07) is 3.60. The molecule has 0 saturated heterocycles. The van der Waals surface area contributed by atoms with Crippen molar-refractivity contribution in [2.75, 3.05) is 6.61 Å². The second-order valence-corrected chi connectivity index (χ2v) is 3.90. The Morgan fingerprint density at radius 1 is 1.60 bits per heavy atom. The van der Waals surface area contributed by atoms with E-state index in [0.717, 1.165) is 9.99 Å². The van der Waals surface area contributed by atoms with Gasteiger partial charge in [0.15, 0.2) is 5.69 Å². The Bertz CT molecular complexity index is 507. The minimum atomic E-state index is -0.391. The third-order valence-corrected chi connectivity index (χ3v) is 2.37. The number of carbonyl (C=O) groups is 1. The van der Waals surface area contributed by atoms with Crippen LogP contribution in [-0.4, -0.2) is 22.0 Å². The summed E-state index contributed by atoms with van der Waals surface area (Å²) in [5.74, 6) is -0.391. The van der Waals surface area contributed by atoms with Gasteiger partial charge in [0.1, 0.15) is 6.33 Å². The van der Waals surface area contributed by atoms with Crippen molar-refractivity contribution in [1.29, 1.82) is 0 Å². The smallest absolute Gasteiger partial charge is 0.357 e. The fourth-order valence-electron chi connectivity index (χ4n) is 1.30. The molecule has 0 saturated carbocycles. The van der Waals surface area contributed by atoms with E-state index >= 15 is 0 Å². The average Bonchev–Trinajstić information content (AvgIpc) is 2.57. The van der Waals surface area contributed by atoms with Crippen LogP contribution < -0.4 is 0 Å². The maximum atomic E-state index is 11.4. The SMILES string of the molecule is CCOC(=O)c1cc2cc(Br)cn2cn1. The lowest BCUT2D eigenvalue weighted by molar-refractivity contribution is 0.0519. The molecule has 0 aliphatic carbocycles. The summed E-state index contributed by atoms with van der Waals surface area (Å²) in [7, 11) is 0. The zero-order valence-corrected chi connectivity index (χ0v) is 9.69. The van der Waals surface area contributed by atoms with Crippen LogP contribution in [0.3, 0.4) is 0 Å². The summed E-state index contributed by atoms with van der Waals surface area (Å²) in [5, 5.41) is 0. The van der Waals surface area contributed by atoms with Crippen molar-refractivity contribution < 1.29 is 9.53 Å². The molecule has 2 heterocycles. The molecule has 2 aromatic rings. The highest BCUT2D eigenvalue weighted by atomic mass is 79.9. The molecule has 0 bridgehead atoms. The van der Waals surface area contributed by atoms with Crippen LogP contribution in [0, 0.1) is 0 Å². The van der Waals surface area contributed by atoms with Crippen molar-refractivity contribution >= 4 is 27.4 Å². The number of aromatic nitrogens is 2. The van der Waals surface area contributed by atoms with Crippen molar-refractivity contribution in [3.63, 3.8) is 0 Å². The minimum absolute atomic E-state index is 0.329. The molecule has 4 nitrogen and oxygen atoms in total. The Hall–Kier alpha value is -1.36. The van der Waals surface area contributed by atoms with E-state index in [4.69, 9.17) is 4.74 Å². The Morgan fingerprint density at radius 3 is 3.13 bits per heavy atom. The molecule has 0 spiro atoms. The first-order chi connectivity index (χ1) is 7.20. The van der Waals surface area contributed by atoms with E-state index in [0.29, 0.717) is 12.3 Å². The van der Waals surface area contributed by atoms with Gasteiger partial charge in [-0.15, -0.1) is 0 Å². The molecule has 0 aliphatic rings. The molecule has 0 amide bonds. The first-order valence-corrected chi connectivity index (χ1v) is 5.30. The van der Waals surface area contributed by atoms with Crippen molar-refractivity contribution in [2.45, 2.75) is 6.92 Å². The largest absolute Gasteiger partial charge is 0.461 e. The van der Waals surface area contributed by atoms with Gasteiger partial charge in [0.05, 0.1) is 12.1 Å². The van der Waals surface area contributed by atoms with E-state index in [1.165, 1.54) is 0 Å². The third-order valence-electron chi connectivity index (χ3n) is 1.94. The molecular formula is C10H9BrN2O2. The van der Waals surface area contributed by atoms with Crippen molar-refractivity contribution in [3.8, 4) is 0 Å². The fraction of sp³-hybridized carbons (Fsp3) is 0.200. The highest BCUT2D eigenvalue weighted by Crippen LogP contribution is 2.15. The molecular weight excluding hydrogens is 260 g/mol. The van der Waals surface area contributed by atoms with Crippen LogP contribution in [0.5, 0.6) is 0 Å². The van der Waals surface area contributed by atoms with Crippen molar-refractivity contribution in [2.24, 2.45) is 0 Å². The number of halogens is 1. The summed E-state index contributed by atoms with van der Waals surface area (Å²) in [6.45, 7) is 2.13. The number of nitrogens with zero attached hydrogens (tertiary/aromatic N) is 2. The zero-order valence-electron chi connectivity index (χ0n) is 8.11. The third kappa shape index (κ3) is 2.02. The van der Waals surface area contributed by atoms with Crippen LogP contribution in [0.2, 0.25) is 0 Å². The summed E-state index contributed by atoms with van der Waals surface area (Å²) in [5.41, 5.74) is 1.23. The Kier molecular flexibility index (Phi) is 2.73. The van der Waals surface area contributed by atoms with E-state index in [-0.39, 0.29) is 0 Å². The monoisotopic (exact) mass is 268 g/mol. The van der Waals surface area contributed by atoms with Crippen LogP contribution >= 0.6 is 15.9 Å². The average molecular weight is 269 g/mol. The molecule has 78 valence electrons. The normalized spacial score (nSPS) is 10.5. The minimum Gasteiger partial charge on any atom is -0.461 e. The molecule has 2 aromatic heterocycles. The van der Waals surface area contributed by atoms with Gasteiger partial charge < -0.3 is 9.14 Å². The molecule has 2 rings (SSSR count). The quantitative estimate of drug-likeness (QED) is 0.785. The maximum Gasteiger partial charge on any atom is 0.357 e. The highest BCUT2D eigenvalue weighted by molar-refractivity contribution is 9.10. The van der Waals surface area contributed by atoms with Gasteiger partial charge in [-0.25, -0.2) is 9.78 Å². The Morgan fingerprint density at radius 2 is 2.40 bits per heavy atom. The van der Waals surface area contributed by atoms with Crippen LogP contribution in [0.1, 0.15) is 17.4 Å². The Balaban J connectivity index is 2.41. The maximum absolute atomic E-state index is 11.4. The lowest BCUT2D eigenvalue weighted by atomic mass is 10.3. The number of hydrogen-bond acceptors (Lipinski definition) is 3. The molecule has 0 aromatic carbocycles. The van der Waals surface area contributed by atoms with Crippen LogP contribution in [-0.2, 0) is 4.74 Å². The van der Waals surface area contributed by atoms with E-state index in [2.05, 4.69) is 20.9 Å². The summed E-state index contributed by atoms with van der Waals surface area (Å²) in [6.07, 6.45) is 3.46. The molecule has 0 radical (unpaired) electrons. The first kappa shape index (κ1) is 10.2. The van der Waals surface area contributed by atoms with E-state index < -0.39 is 5.97 Å². The van der Waals surface area contributed by atoms with Gasteiger partial charge in [0.25, 0.3) is 0 Å². The van der Waals surface area contributed by atoms with Gasteiger partial charge in [-0.1, -0.05) is 0 Å². The van der Waals surface area contributed by atoms with Crippen LogP contribution in [0.15, 0.2) is 29.1 Å². The number of fused-ring (bicyclic) bond motifs is 1. The highest BCUT2D eigenvalue weighted by Gasteiger charge is 2.09. The second-order valence-electron chi connectivity index (χ2n) is 2.99. The lowest BCUT2D eigenvalue weighted by Crippen LogP contribution is -2.07. The summed E-state index contributed by atoms with van der Waals surface area (Å²) in [4.78, 5) is 15.4. The molecule has 15 heavy (non-hydrogen) atoms. The molecule has 0 fully saturated rings. The molecule has 0 N–H and O–H groups in total. The van der Waals surface area contributed by atoms with Crippen molar-refractivity contribution in [3.05, 3.63) is 34.8 Å². The zero-order chi connectivity index (χ0) is 10.8. The van der Waals surface area contributed by atoms with E-state index in [1.807, 2.05) is 16.7 Å². The number of esters is 1. The molecule has 0 atom stereocenters. The molecule has 0 aliphatic heterocycles. The standard InChI is InChI=1S/C10H9BrN2O2/c1-2-15-10(14)9-4-8-3-7(11)5-13(8)6-12-9/h3-6H,2H2,1H3. The van der Waals surface area contributed by atoms with Crippen LogP contribution in [0.25, 0.3) is 5.52 Å². The first-order valence-electron chi connectivity index (χ1n) is 4.51. The molecule has 5 heteroatoms. The van der Waals surface area contributed by atoms with Gasteiger partial charge in [-0.3, -0.25) is 0 Å². The predicted molar refractivity (Wildman–Crippen MR) is 58.8 cm³/mol. The number of hydrogen-bond donors (Lipinski definition) is 0. The van der Waals surface area contributed by atoms with Gasteiger partial charge in [-0.2, -0.15) is 0 Å². The fourth-order valence-corrected chi connectivity index (χ4v) is 1.75. The number of rotatable bonds is 2. The van der Waals surface area contributed by atoms with Gasteiger partial charge >= 0.3 is 5.97 Å². The van der Waals surface area contributed by atoms with Gasteiger partial charge in [-0.05, 0) is 35.0 Å². The van der Waals surface area contributed by atoms with E-state index in [1.54, 1.807) is 19.3 Å². The van der Waals surface area contributed by atoms with E-state index in [9.17, 15) is 4.79 Å². The molecule has 0 unspecified atom stereocenters. The van der Waals surface area contributed by atoms with Gasteiger partial charge in [0.2, 0.25) is 0 Å². The van der Waals surface area contributed by atoms with Crippen molar-refractivity contribution in [1.82, 2.24) is 9.38 Å². The summed E-state index contributed by atoms with van der Waals surface area (Å²) < 4.78 is 7.64. The second kappa shape index (κ2) is 4.02. The van der Waals surface area contributed by atoms with Crippen LogP contribution in [0.4, 0.5) is 0 Å².